The number of nitrogens with one attached hydrogen (secondary N) is 1. The second-order valence-corrected chi connectivity index (χ2v) is 7.34. The number of amides is 1. The molecule has 33 heavy (non-hydrogen) atoms. The minimum absolute atomic E-state index is 0. The lowest BCUT2D eigenvalue weighted by Crippen LogP contribution is -2.12. The van der Waals surface area contributed by atoms with E-state index in [4.69, 9.17) is 11.6 Å². The first-order chi connectivity index (χ1) is 15.6. The Bertz CT molecular complexity index is 1340. The SMILES string of the molecule is O=C(Nc1ccc(F)c(F)c1)c1ccc(-c2cc(C(F)(F)F)nn2-c2ccccc2Cl)cc1.[HH]. The van der Waals surface area contributed by atoms with Crippen LogP contribution in [-0.2, 0) is 6.18 Å². The standard InChI is InChI=1S/C23H13ClF5N3O.H2/c24-16-3-1-2-4-19(16)32-20(12-21(31-32)23(27,28)29)13-5-7-14(8-6-13)22(33)30-15-9-10-17(25)18(26)11-15;/h1-12H,(H,30,33);1H. The third-order valence-corrected chi connectivity index (χ3v) is 5.02. The Morgan fingerprint density at radius 3 is 2.27 bits per heavy atom. The fraction of sp³-hybridized carbons (Fsp3) is 0.0435. The highest BCUT2D eigenvalue weighted by Crippen LogP contribution is 2.34. The van der Waals surface area contributed by atoms with Gasteiger partial charge in [0.2, 0.25) is 0 Å². The van der Waals surface area contributed by atoms with Crippen LogP contribution in [0.15, 0.2) is 72.8 Å². The molecule has 10 heteroatoms. The fourth-order valence-corrected chi connectivity index (χ4v) is 3.32. The topological polar surface area (TPSA) is 46.9 Å². The molecule has 1 N–H and O–H groups in total. The van der Waals surface area contributed by atoms with E-state index in [-0.39, 0.29) is 29.1 Å². The fourth-order valence-electron chi connectivity index (χ4n) is 3.10. The van der Waals surface area contributed by atoms with Gasteiger partial charge in [-0.25, -0.2) is 13.5 Å². The Kier molecular flexibility index (Phi) is 5.90. The number of nitrogens with zero attached hydrogens (tertiary/aromatic N) is 2. The molecule has 0 saturated heterocycles. The molecule has 0 aliphatic rings. The normalized spacial score (nSPS) is 11.5. The molecule has 0 unspecified atom stereocenters. The molecule has 0 saturated carbocycles. The van der Waals surface area contributed by atoms with Crippen molar-refractivity contribution in [1.29, 1.82) is 0 Å². The van der Waals surface area contributed by atoms with Crippen LogP contribution in [0.4, 0.5) is 27.6 Å². The molecular weight excluding hydrogens is 465 g/mol. The molecule has 4 rings (SSSR count). The lowest BCUT2D eigenvalue weighted by atomic mass is 10.1. The summed E-state index contributed by atoms with van der Waals surface area (Å²) < 4.78 is 67.5. The highest BCUT2D eigenvalue weighted by atomic mass is 35.5. The number of halogens is 6. The number of para-hydroxylation sites is 1. The van der Waals surface area contributed by atoms with Gasteiger partial charge in [0.15, 0.2) is 17.3 Å². The van der Waals surface area contributed by atoms with Gasteiger partial charge in [-0.1, -0.05) is 35.9 Å². The maximum Gasteiger partial charge on any atom is 0.435 e. The van der Waals surface area contributed by atoms with E-state index in [2.05, 4.69) is 10.4 Å². The van der Waals surface area contributed by atoms with E-state index < -0.39 is 29.4 Å². The number of aromatic nitrogens is 2. The molecule has 0 radical (unpaired) electrons. The predicted molar refractivity (Wildman–Crippen MR) is 115 cm³/mol. The Morgan fingerprint density at radius 2 is 1.64 bits per heavy atom. The first kappa shape index (κ1) is 22.5. The highest BCUT2D eigenvalue weighted by Gasteiger charge is 2.35. The number of carbonyl (C=O) groups is 1. The molecule has 4 aromatic rings. The monoisotopic (exact) mass is 479 g/mol. The van der Waals surface area contributed by atoms with Gasteiger partial charge in [-0.2, -0.15) is 18.3 Å². The van der Waals surface area contributed by atoms with Crippen molar-refractivity contribution in [3.05, 3.63) is 101 Å². The van der Waals surface area contributed by atoms with E-state index in [0.29, 0.717) is 5.56 Å². The molecule has 0 atom stereocenters. The van der Waals surface area contributed by atoms with Crippen molar-refractivity contribution in [2.24, 2.45) is 0 Å². The molecule has 0 aliphatic heterocycles. The van der Waals surface area contributed by atoms with Gasteiger partial charge in [-0.15, -0.1) is 0 Å². The zero-order valence-corrected chi connectivity index (χ0v) is 17.3. The molecule has 4 nitrogen and oxygen atoms in total. The van der Waals surface area contributed by atoms with Crippen LogP contribution in [0.25, 0.3) is 16.9 Å². The lowest BCUT2D eigenvalue weighted by molar-refractivity contribution is -0.141. The summed E-state index contributed by atoms with van der Waals surface area (Å²) in [5.41, 5.74) is -0.175. The molecule has 0 fully saturated rings. The third-order valence-electron chi connectivity index (χ3n) is 4.70. The number of benzene rings is 3. The molecule has 170 valence electrons. The molecule has 0 spiro atoms. The van der Waals surface area contributed by atoms with Crippen molar-refractivity contribution in [1.82, 2.24) is 9.78 Å². The largest absolute Gasteiger partial charge is 0.435 e. The van der Waals surface area contributed by atoms with E-state index in [1.165, 1.54) is 42.5 Å². The van der Waals surface area contributed by atoms with E-state index >= 15 is 0 Å². The third kappa shape index (κ3) is 4.73. The maximum absolute atomic E-state index is 13.3. The second kappa shape index (κ2) is 8.67. The van der Waals surface area contributed by atoms with E-state index in [0.717, 1.165) is 22.9 Å². The minimum atomic E-state index is -4.68. The first-order valence-corrected chi connectivity index (χ1v) is 9.80. The number of alkyl halides is 3. The number of carbonyl (C=O) groups excluding carboxylic acids is 1. The summed E-state index contributed by atoms with van der Waals surface area (Å²) in [6.07, 6.45) is -4.68. The van der Waals surface area contributed by atoms with Crippen LogP contribution in [0.2, 0.25) is 5.02 Å². The number of hydrogen-bond acceptors (Lipinski definition) is 2. The van der Waals surface area contributed by atoms with Crippen molar-refractivity contribution >= 4 is 23.2 Å². The Morgan fingerprint density at radius 1 is 0.939 bits per heavy atom. The number of anilines is 1. The lowest BCUT2D eigenvalue weighted by Gasteiger charge is -2.10. The summed E-state index contributed by atoms with van der Waals surface area (Å²) in [7, 11) is 0. The van der Waals surface area contributed by atoms with Crippen LogP contribution in [-0.4, -0.2) is 15.7 Å². The van der Waals surface area contributed by atoms with Crippen LogP contribution in [0.5, 0.6) is 0 Å². The van der Waals surface area contributed by atoms with E-state index in [9.17, 15) is 26.7 Å². The van der Waals surface area contributed by atoms with Gasteiger partial charge < -0.3 is 5.32 Å². The Balaban J connectivity index is 0.00000324. The first-order valence-electron chi connectivity index (χ1n) is 9.42. The summed E-state index contributed by atoms with van der Waals surface area (Å²) >= 11 is 6.16. The van der Waals surface area contributed by atoms with Crippen LogP contribution >= 0.6 is 11.6 Å². The van der Waals surface area contributed by atoms with Gasteiger partial charge >= 0.3 is 6.18 Å². The molecule has 0 bridgehead atoms. The van der Waals surface area contributed by atoms with Crippen LogP contribution in [0.3, 0.4) is 0 Å². The van der Waals surface area contributed by atoms with Crippen molar-refractivity contribution in [2.45, 2.75) is 6.18 Å². The molecule has 1 heterocycles. The second-order valence-electron chi connectivity index (χ2n) is 6.94. The van der Waals surface area contributed by atoms with Gasteiger partial charge in [0.1, 0.15) is 0 Å². The quantitative estimate of drug-likeness (QED) is 0.321. The van der Waals surface area contributed by atoms with Gasteiger partial charge in [-0.3, -0.25) is 4.79 Å². The number of rotatable bonds is 4. The summed E-state index contributed by atoms with van der Waals surface area (Å²) in [5, 5.41) is 6.31. The van der Waals surface area contributed by atoms with Crippen molar-refractivity contribution in [3.63, 3.8) is 0 Å². The average Bonchev–Trinajstić information content (AvgIpc) is 3.22. The Hall–Kier alpha value is -3.72. The molecular formula is C23H15ClF5N3O. The Labute approximate surface area is 190 Å². The van der Waals surface area contributed by atoms with Gasteiger partial charge in [0, 0.05) is 24.3 Å². The maximum atomic E-state index is 13.3. The predicted octanol–water partition coefficient (Wildman–Crippen LogP) is 6.99. The van der Waals surface area contributed by atoms with E-state index in [1.54, 1.807) is 12.1 Å². The van der Waals surface area contributed by atoms with Crippen molar-refractivity contribution in [3.8, 4) is 16.9 Å². The van der Waals surface area contributed by atoms with Crippen molar-refractivity contribution in [2.75, 3.05) is 5.32 Å². The molecule has 1 aromatic heterocycles. The van der Waals surface area contributed by atoms with Crippen LogP contribution in [0.1, 0.15) is 17.5 Å². The van der Waals surface area contributed by atoms with E-state index in [1.807, 2.05) is 0 Å². The minimum Gasteiger partial charge on any atom is -0.322 e. The zero-order chi connectivity index (χ0) is 23.8. The summed E-state index contributed by atoms with van der Waals surface area (Å²) in [6, 6.07) is 15.8. The smallest absolute Gasteiger partial charge is 0.322 e. The summed E-state index contributed by atoms with van der Waals surface area (Å²) in [4.78, 5) is 12.4. The number of hydrogen-bond donors (Lipinski definition) is 1. The van der Waals surface area contributed by atoms with Gasteiger partial charge in [0.05, 0.1) is 16.4 Å². The van der Waals surface area contributed by atoms with Crippen molar-refractivity contribution < 1.29 is 28.2 Å². The molecule has 0 aliphatic carbocycles. The van der Waals surface area contributed by atoms with Gasteiger partial charge in [0.25, 0.3) is 5.91 Å². The van der Waals surface area contributed by atoms with Crippen LogP contribution < -0.4 is 5.32 Å². The van der Waals surface area contributed by atoms with Gasteiger partial charge in [-0.05, 0) is 42.5 Å². The zero-order valence-electron chi connectivity index (χ0n) is 16.5. The summed E-state index contributed by atoms with van der Waals surface area (Å²) in [5.74, 6) is -2.77. The molecule has 3 aromatic carbocycles. The molecule has 1 amide bonds. The van der Waals surface area contributed by atoms with Crippen LogP contribution in [0, 0.1) is 11.6 Å². The highest BCUT2D eigenvalue weighted by molar-refractivity contribution is 6.32. The summed E-state index contributed by atoms with van der Waals surface area (Å²) in [6.45, 7) is 0. The average molecular weight is 480 g/mol.